The molecule has 0 aliphatic heterocycles. The SMILES string of the molecule is COc1ccc(NC(=O)c2ccccc2NC(=O)CSc2ncnc3sccc23)cc1. The maximum atomic E-state index is 12.8. The highest BCUT2D eigenvalue weighted by Gasteiger charge is 2.14. The molecule has 0 radical (unpaired) electrons. The summed E-state index contributed by atoms with van der Waals surface area (Å²) in [6.07, 6.45) is 1.50. The van der Waals surface area contributed by atoms with Gasteiger partial charge in [0.2, 0.25) is 5.91 Å². The zero-order valence-electron chi connectivity index (χ0n) is 16.5. The number of hydrogen-bond acceptors (Lipinski definition) is 7. The van der Waals surface area contributed by atoms with Crippen molar-refractivity contribution in [1.82, 2.24) is 9.97 Å². The zero-order chi connectivity index (χ0) is 21.6. The summed E-state index contributed by atoms with van der Waals surface area (Å²) in [5.74, 6) is 0.323. The summed E-state index contributed by atoms with van der Waals surface area (Å²) in [4.78, 5) is 34.7. The van der Waals surface area contributed by atoms with Gasteiger partial charge in [-0.1, -0.05) is 23.9 Å². The Bertz CT molecular complexity index is 1220. The quantitative estimate of drug-likeness (QED) is 0.314. The third kappa shape index (κ3) is 5.01. The molecule has 2 N–H and O–H groups in total. The zero-order valence-corrected chi connectivity index (χ0v) is 18.1. The Morgan fingerprint density at radius 1 is 1.03 bits per heavy atom. The van der Waals surface area contributed by atoms with Crippen LogP contribution in [0.4, 0.5) is 11.4 Å². The number of aromatic nitrogens is 2. The number of carbonyl (C=O) groups excluding carboxylic acids is 2. The van der Waals surface area contributed by atoms with Crippen molar-refractivity contribution in [1.29, 1.82) is 0 Å². The van der Waals surface area contributed by atoms with Crippen LogP contribution in [0.3, 0.4) is 0 Å². The highest BCUT2D eigenvalue weighted by molar-refractivity contribution is 8.00. The number of benzene rings is 2. The molecule has 0 saturated carbocycles. The summed E-state index contributed by atoms with van der Waals surface area (Å²) in [5.41, 5.74) is 1.45. The van der Waals surface area contributed by atoms with E-state index in [1.807, 2.05) is 11.4 Å². The minimum absolute atomic E-state index is 0.163. The van der Waals surface area contributed by atoms with Crippen molar-refractivity contribution in [3.8, 4) is 5.75 Å². The lowest BCUT2D eigenvalue weighted by atomic mass is 10.1. The van der Waals surface area contributed by atoms with Gasteiger partial charge in [-0.25, -0.2) is 9.97 Å². The Labute approximate surface area is 186 Å². The van der Waals surface area contributed by atoms with Gasteiger partial charge in [0.1, 0.15) is 21.9 Å². The van der Waals surface area contributed by atoms with E-state index in [1.165, 1.54) is 29.4 Å². The highest BCUT2D eigenvalue weighted by atomic mass is 32.2. The number of thioether (sulfide) groups is 1. The van der Waals surface area contributed by atoms with E-state index in [-0.39, 0.29) is 17.6 Å². The Morgan fingerprint density at radius 3 is 2.65 bits per heavy atom. The number of para-hydroxylation sites is 1. The molecular formula is C22H18N4O3S2. The van der Waals surface area contributed by atoms with Crippen molar-refractivity contribution in [2.24, 2.45) is 0 Å². The molecule has 9 heteroatoms. The fourth-order valence-corrected chi connectivity index (χ4v) is 4.44. The first-order valence-electron chi connectivity index (χ1n) is 9.29. The van der Waals surface area contributed by atoms with Gasteiger partial charge >= 0.3 is 0 Å². The van der Waals surface area contributed by atoms with Crippen molar-refractivity contribution in [3.63, 3.8) is 0 Å². The molecule has 4 aromatic rings. The Kier molecular flexibility index (Phi) is 6.44. The molecule has 0 bridgehead atoms. The van der Waals surface area contributed by atoms with Gasteiger partial charge < -0.3 is 15.4 Å². The van der Waals surface area contributed by atoms with E-state index in [1.54, 1.807) is 55.6 Å². The van der Waals surface area contributed by atoms with E-state index in [0.717, 1.165) is 15.2 Å². The maximum absolute atomic E-state index is 12.8. The first-order valence-corrected chi connectivity index (χ1v) is 11.2. The number of anilines is 2. The van der Waals surface area contributed by atoms with Gasteiger partial charge in [0, 0.05) is 11.1 Å². The van der Waals surface area contributed by atoms with Crippen LogP contribution in [-0.2, 0) is 4.79 Å². The summed E-state index contributed by atoms with van der Waals surface area (Å²) in [5, 5.41) is 9.29. The van der Waals surface area contributed by atoms with Gasteiger partial charge in [-0.2, -0.15) is 0 Å². The van der Waals surface area contributed by atoms with Crippen LogP contribution in [0.15, 0.2) is 71.3 Å². The largest absolute Gasteiger partial charge is 0.497 e. The Hall–Kier alpha value is -3.43. The van der Waals surface area contributed by atoms with E-state index in [4.69, 9.17) is 4.74 Å². The van der Waals surface area contributed by atoms with Gasteiger partial charge in [-0.15, -0.1) is 11.3 Å². The van der Waals surface area contributed by atoms with Crippen LogP contribution in [0.2, 0.25) is 0 Å². The molecule has 2 amide bonds. The molecule has 2 heterocycles. The highest BCUT2D eigenvalue weighted by Crippen LogP contribution is 2.28. The number of nitrogens with one attached hydrogen (secondary N) is 2. The van der Waals surface area contributed by atoms with E-state index in [2.05, 4.69) is 20.6 Å². The standard InChI is InChI=1S/C22H18N4O3S2/c1-29-15-8-6-14(7-9-15)25-20(28)16-4-2-3-5-18(16)26-19(27)12-31-22-17-10-11-30-21(17)23-13-24-22/h2-11,13H,12H2,1H3,(H,25,28)(H,26,27). The number of thiophene rings is 1. The minimum atomic E-state index is -0.315. The van der Waals surface area contributed by atoms with Crippen molar-refractivity contribution in [2.45, 2.75) is 5.03 Å². The summed E-state index contributed by atoms with van der Waals surface area (Å²) in [7, 11) is 1.58. The minimum Gasteiger partial charge on any atom is -0.497 e. The Morgan fingerprint density at radius 2 is 1.84 bits per heavy atom. The van der Waals surface area contributed by atoms with Gasteiger partial charge in [0.15, 0.2) is 0 Å². The van der Waals surface area contributed by atoms with Crippen molar-refractivity contribution in [3.05, 3.63) is 71.9 Å². The van der Waals surface area contributed by atoms with Crippen LogP contribution in [0.5, 0.6) is 5.75 Å². The van der Waals surface area contributed by atoms with E-state index in [0.29, 0.717) is 22.7 Å². The molecule has 0 fully saturated rings. The summed E-state index contributed by atoms with van der Waals surface area (Å²) >= 11 is 2.86. The second-order valence-corrected chi connectivity index (χ2v) is 8.24. The topological polar surface area (TPSA) is 93.2 Å². The third-order valence-corrected chi connectivity index (χ3v) is 6.18. The van der Waals surface area contributed by atoms with E-state index >= 15 is 0 Å². The number of rotatable bonds is 7. The van der Waals surface area contributed by atoms with Crippen LogP contribution in [-0.4, -0.2) is 34.6 Å². The molecule has 0 spiro atoms. The van der Waals surface area contributed by atoms with Gasteiger partial charge in [0.05, 0.1) is 24.1 Å². The average molecular weight is 451 g/mol. The van der Waals surface area contributed by atoms with Crippen molar-refractivity contribution in [2.75, 3.05) is 23.5 Å². The number of carbonyl (C=O) groups is 2. The van der Waals surface area contributed by atoms with E-state index < -0.39 is 0 Å². The van der Waals surface area contributed by atoms with Gasteiger partial charge in [0.25, 0.3) is 5.91 Å². The molecule has 0 aliphatic rings. The number of methoxy groups -OCH3 is 1. The fourth-order valence-electron chi connectivity index (χ4n) is 2.87. The summed E-state index contributed by atoms with van der Waals surface area (Å²) < 4.78 is 5.13. The molecule has 0 aliphatic carbocycles. The first-order chi connectivity index (χ1) is 15.1. The lowest BCUT2D eigenvalue weighted by Crippen LogP contribution is -2.19. The van der Waals surface area contributed by atoms with Gasteiger partial charge in [-0.3, -0.25) is 9.59 Å². The lowest BCUT2D eigenvalue weighted by Gasteiger charge is -2.12. The number of fused-ring (bicyclic) bond motifs is 1. The smallest absolute Gasteiger partial charge is 0.257 e. The molecule has 7 nitrogen and oxygen atoms in total. The molecule has 2 aromatic heterocycles. The summed E-state index contributed by atoms with van der Waals surface area (Å²) in [6.45, 7) is 0. The number of amides is 2. The molecule has 2 aromatic carbocycles. The van der Waals surface area contributed by atoms with Crippen LogP contribution in [0.25, 0.3) is 10.2 Å². The Balaban J connectivity index is 1.42. The third-order valence-electron chi connectivity index (χ3n) is 4.36. The fraction of sp³-hybridized carbons (Fsp3) is 0.0909. The van der Waals surface area contributed by atoms with Crippen molar-refractivity contribution < 1.29 is 14.3 Å². The monoisotopic (exact) mass is 450 g/mol. The molecule has 0 unspecified atom stereocenters. The molecule has 31 heavy (non-hydrogen) atoms. The molecule has 156 valence electrons. The number of ether oxygens (including phenoxy) is 1. The van der Waals surface area contributed by atoms with Crippen LogP contribution in [0, 0.1) is 0 Å². The van der Waals surface area contributed by atoms with Crippen LogP contribution >= 0.6 is 23.1 Å². The lowest BCUT2D eigenvalue weighted by molar-refractivity contribution is -0.113. The second kappa shape index (κ2) is 9.59. The molecule has 0 saturated heterocycles. The maximum Gasteiger partial charge on any atom is 0.257 e. The molecular weight excluding hydrogens is 432 g/mol. The predicted octanol–water partition coefficient (Wildman–Crippen LogP) is 4.68. The predicted molar refractivity (Wildman–Crippen MR) is 124 cm³/mol. The normalized spacial score (nSPS) is 10.6. The first kappa shape index (κ1) is 20.8. The number of nitrogens with zero attached hydrogens (tertiary/aromatic N) is 2. The van der Waals surface area contributed by atoms with E-state index in [9.17, 15) is 9.59 Å². The van der Waals surface area contributed by atoms with Crippen molar-refractivity contribution >= 4 is 56.5 Å². The second-order valence-electron chi connectivity index (χ2n) is 6.38. The number of hydrogen-bond donors (Lipinski definition) is 2. The molecule has 4 rings (SSSR count). The van der Waals surface area contributed by atoms with Gasteiger partial charge in [-0.05, 0) is 47.8 Å². The average Bonchev–Trinajstić information content (AvgIpc) is 3.28. The molecule has 0 atom stereocenters. The summed E-state index contributed by atoms with van der Waals surface area (Å²) in [6, 6.07) is 15.9. The van der Waals surface area contributed by atoms with Crippen LogP contribution in [0.1, 0.15) is 10.4 Å². The van der Waals surface area contributed by atoms with Crippen LogP contribution < -0.4 is 15.4 Å².